The summed E-state index contributed by atoms with van der Waals surface area (Å²) in [4.78, 5) is 14.4. The molecular weight excluding hydrogens is 240 g/mol. The topological polar surface area (TPSA) is 41.6 Å². The molecule has 1 N–H and O–H groups in total. The maximum atomic E-state index is 12.0. The van der Waals surface area contributed by atoms with Crippen LogP contribution in [0.3, 0.4) is 0 Å². The summed E-state index contributed by atoms with van der Waals surface area (Å²) in [7, 11) is 1.46. The molecule has 2 atom stereocenters. The van der Waals surface area contributed by atoms with Crippen LogP contribution >= 0.6 is 0 Å². The molecule has 0 spiro atoms. The third-order valence-corrected chi connectivity index (χ3v) is 3.74. The van der Waals surface area contributed by atoms with E-state index in [0.29, 0.717) is 6.04 Å². The van der Waals surface area contributed by atoms with Crippen LogP contribution in [0, 0.1) is 0 Å². The van der Waals surface area contributed by atoms with Gasteiger partial charge in [-0.1, -0.05) is 30.3 Å². The molecule has 0 saturated carbocycles. The largest absolute Gasteiger partial charge is 0.469 e. The molecule has 0 bridgehead atoms. The van der Waals surface area contributed by atoms with Crippen LogP contribution in [0.2, 0.25) is 0 Å². The van der Waals surface area contributed by atoms with E-state index >= 15 is 0 Å². The van der Waals surface area contributed by atoms with Gasteiger partial charge in [0.1, 0.15) is 0 Å². The molecular formula is C15H22N2O2. The number of rotatable bonds is 4. The highest BCUT2D eigenvalue weighted by Gasteiger charge is 2.27. The van der Waals surface area contributed by atoms with Crippen molar-refractivity contribution < 1.29 is 9.53 Å². The Morgan fingerprint density at radius 3 is 2.84 bits per heavy atom. The van der Waals surface area contributed by atoms with Gasteiger partial charge in [-0.25, -0.2) is 0 Å². The fourth-order valence-corrected chi connectivity index (χ4v) is 2.53. The number of carbonyl (C=O) groups excluding carboxylic acids is 1. The highest BCUT2D eigenvalue weighted by Crippen LogP contribution is 2.20. The first-order valence-corrected chi connectivity index (χ1v) is 6.80. The third kappa shape index (κ3) is 3.55. The average molecular weight is 262 g/mol. The molecule has 19 heavy (non-hydrogen) atoms. The summed E-state index contributed by atoms with van der Waals surface area (Å²) in [6.45, 7) is 5.84. The van der Waals surface area contributed by atoms with Crippen LogP contribution in [0.15, 0.2) is 30.3 Å². The van der Waals surface area contributed by atoms with Crippen molar-refractivity contribution in [3.05, 3.63) is 35.9 Å². The van der Waals surface area contributed by atoms with Gasteiger partial charge in [0.2, 0.25) is 0 Å². The van der Waals surface area contributed by atoms with Gasteiger partial charge in [0, 0.05) is 32.2 Å². The molecule has 1 saturated heterocycles. The van der Waals surface area contributed by atoms with E-state index < -0.39 is 0 Å². The first kappa shape index (κ1) is 14.0. The van der Waals surface area contributed by atoms with E-state index in [1.165, 1.54) is 7.11 Å². The monoisotopic (exact) mass is 262 g/mol. The number of benzene rings is 1. The maximum absolute atomic E-state index is 12.0. The number of nitrogens with one attached hydrogen (secondary N) is 1. The van der Waals surface area contributed by atoms with E-state index in [2.05, 4.69) is 17.1 Å². The van der Waals surface area contributed by atoms with Crippen LogP contribution in [0.4, 0.5) is 0 Å². The normalized spacial score (nSPS) is 21.9. The van der Waals surface area contributed by atoms with Crippen LogP contribution in [0.25, 0.3) is 0 Å². The van der Waals surface area contributed by atoms with Gasteiger partial charge in [-0.15, -0.1) is 0 Å². The van der Waals surface area contributed by atoms with Gasteiger partial charge >= 0.3 is 5.97 Å². The van der Waals surface area contributed by atoms with Crippen molar-refractivity contribution in [3.8, 4) is 0 Å². The molecule has 0 radical (unpaired) electrons. The van der Waals surface area contributed by atoms with Crippen molar-refractivity contribution >= 4 is 5.97 Å². The minimum atomic E-state index is -0.202. The quantitative estimate of drug-likeness (QED) is 0.829. The number of methoxy groups -OCH3 is 1. The Balaban J connectivity index is 2.12. The Morgan fingerprint density at radius 2 is 2.21 bits per heavy atom. The summed E-state index contributed by atoms with van der Waals surface area (Å²) in [6, 6.07) is 10.3. The lowest BCUT2D eigenvalue weighted by molar-refractivity contribution is -0.143. The summed E-state index contributed by atoms with van der Waals surface area (Å²) in [6.07, 6.45) is 0. The summed E-state index contributed by atoms with van der Waals surface area (Å²) >= 11 is 0. The van der Waals surface area contributed by atoms with E-state index in [1.54, 1.807) is 0 Å². The molecule has 1 fully saturated rings. The van der Waals surface area contributed by atoms with E-state index in [-0.39, 0.29) is 11.9 Å². The molecule has 0 amide bonds. The fourth-order valence-electron chi connectivity index (χ4n) is 2.53. The predicted octanol–water partition coefficient (Wildman–Crippen LogP) is 1.24. The first-order chi connectivity index (χ1) is 9.22. The highest BCUT2D eigenvalue weighted by molar-refractivity contribution is 5.78. The van der Waals surface area contributed by atoms with Crippen molar-refractivity contribution in [2.24, 2.45) is 0 Å². The molecule has 0 aromatic heterocycles. The Kier molecular flexibility index (Phi) is 4.93. The molecule has 1 aliphatic rings. The summed E-state index contributed by atoms with van der Waals surface area (Å²) in [5.74, 6) is -0.358. The van der Waals surface area contributed by atoms with Gasteiger partial charge in [-0.2, -0.15) is 0 Å². The van der Waals surface area contributed by atoms with Gasteiger partial charge in [-0.3, -0.25) is 9.69 Å². The number of hydrogen-bond acceptors (Lipinski definition) is 4. The fraction of sp³-hybridized carbons (Fsp3) is 0.533. The molecule has 1 aromatic rings. The first-order valence-electron chi connectivity index (χ1n) is 6.80. The van der Waals surface area contributed by atoms with E-state index in [9.17, 15) is 4.79 Å². The molecule has 4 nitrogen and oxygen atoms in total. The second kappa shape index (κ2) is 6.68. The van der Waals surface area contributed by atoms with E-state index in [0.717, 1.165) is 31.7 Å². The lowest BCUT2D eigenvalue weighted by Gasteiger charge is -2.35. The standard InChI is InChI=1S/C15H22N2O2/c1-12-10-16-8-9-17(12)11-14(15(18)19-2)13-6-4-3-5-7-13/h3-7,12,14,16H,8-11H2,1-2H3/t12-,14?/m1/s1. The van der Waals surface area contributed by atoms with E-state index in [4.69, 9.17) is 4.74 Å². The van der Waals surface area contributed by atoms with Crippen molar-refractivity contribution in [1.29, 1.82) is 0 Å². The second-order valence-corrected chi connectivity index (χ2v) is 5.03. The third-order valence-electron chi connectivity index (χ3n) is 3.74. The van der Waals surface area contributed by atoms with Crippen LogP contribution in [0.5, 0.6) is 0 Å². The minimum absolute atomic E-state index is 0.156. The Labute approximate surface area is 114 Å². The summed E-state index contributed by atoms with van der Waals surface area (Å²) in [5.41, 5.74) is 1.03. The van der Waals surface area contributed by atoms with Gasteiger partial charge in [-0.05, 0) is 12.5 Å². The van der Waals surface area contributed by atoms with Crippen LogP contribution in [0.1, 0.15) is 18.4 Å². The Bertz CT molecular complexity index is 408. The van der Waals surface area contributed by atoms with Crippen molar-refractivity contribution in [2.75, 3.05) is 33.3 Å². The van der Waals surface area contributed by atoms with E-state index in [1.807, 2.05) is 30.3 Å². The molecule has 2 rings (SSSR count). The molecule has 0 aliphatic carbocycles. The van der Waals surface area contributed by atoms with Gasteiger partial charge in [0.25, 0.3) is 0 Å². The van der Waals surface area contributed by atoms with Crippen molar-refractivity contribution in [1.82, 2.24) is 10.2 Å². The van der Waals surface area contributed by atoms with Crippen molar-refractivity contribution in [2.45, 2.75) is 18.9 Å². The summed E-state index contributed by atoms with van der Waals surface area (Å²) in [5, 5.41) is 3.36. The second-order valence-electron chi connectivity index (χ2n) is 5.03. The van der Waals surface area contributed by atoms with Crippen LogP contribution < -0.4 is 5.32 Å². The molecule has 4 heteroatoms. The Morgan fingerprint density at radius 1 is 1.47 bits per heavy atom. The molecule has 1 unspecified atom stereocenters. The van der Waals surface area contributed by atoms with Gasteiger partial charge < -0.3 is 10.1 Å². The number of piperazine rings is 1. The van der Waals surface area contributed by atoms with Crippen molar-refractivity contribution in [3.63, 3.8) is 0 Å². The smallest absolute Gasteiger partial charge is 0.314 e. The molecule has 1 aliphatic heterocycles. The zero-order chi connectivity index (χ0) is 13.7. The molecule has 1 heterocycles. The zero-order valence-corrected chi connectivity index (χ0v) is 11.6. The van der Waals surface area contributed by atoms with Gasteiger partial charge in [0.05, 0.1) is 13.0 Å². The van der Waals surface area contributed by atoms with Crippen LogP contribution in [-0.2, 0) is 9.53 Å². The maximum Gasteiger partial charge on any atom is 0.314 e. The zero-order valence-electron chi connectivity index (χ0n) is 11.6. The highest BCUT2D eigenvalue weighted by atomic mass is 16.5. The lowest BCUT2D eigenvalue weighted by atomic mass is 9.97. The lowest BCUT2D eigenvalue weighted by Crippen LogP contribution is -2.51. The number of carbonyl (C=O) groups is 1. The number of ether oxygens (including phenoxy) is 1. The van der Waals surface area contributed by atoms with Crippen LogP contribution in [-0.4, -0.2) is 50.2 Å². The Hall–Kier alpha value is -1.39. The predicted molar refractivity (Wildman–Crippen MR) is 75.1 cm³/mol. The minimum Gasteiger partial charge on any atom is -0.469 e. The number of nitrogens with zero attached hydrogens (tertiary/aromatic N) is 1. The molecule has 104 valence electrons. The van der Waals surface area contributed by atoms with Gasteiger partial charge in [0.15, 0.2) is 0 Å². The SMILES string of the molecule is COC(=O)C(CN1CCNC[C@H]1C)c1ccccc1. The average Bonchev–Trinajstić information content (AvgIpc) is 2.46. The molecule has 1 aromatic carbocycles. The number of hydrogen-bond donors (Lipinski definition) is 1. The number of esters is 1. The summed E-state index contributed by atoms with van der Waals surface area (Å²) < 4.78 is 4.96.